The van der Waals surface area contributed by atoms with Crippen molar-refractivity contribution < 1.29 is 23.9 Å². The van der Waals surface area contributed by atoms with Crippen molar-refractivity contribution in [3.05, 3.63) is 66.2 Å². The Morgan fingerprint density at radius 3 is 2.38 bits per heavy atom. The fourth-order valence-electron chi connectivity index (χ4n) is 2.32. The molecule has 2 N–H and O–H groups in total. The van der Waals surface area contributed by atoms with Gasteiger partial charge in [-0.25, -0.2) is 4.79 Å². The molecule has 7 heteroatoms. The number of carbonyl (C=O) groups excluding carboxylic acids is 3. The molecule has 0 unspecified atom stereocenters. The van der Waals surface area contributed by atoms with E-state index in [0.717, 1.165) is 5.56 Å². The number of nitrogens with one attached hydrogen (secondary N) is 2. The van der Waals surface area contributed by atoms with Gasteiger partial charge in [0.25, 0.3) is 5.91 Å². The summed E-state index contributed by atoms with van der Waals surface area (Å²) in [6, 6.07) is 15.2. The van der Waals surface area contributed by atoms with Gasteiger partial charge in [-0.2, -0.15) is 0 Å². The summed E-state index contributed by atoms with van der Waals surface area (Å²) in [4.78, 5) is 35.8. The first-order chi connectivity index (χ1) is 14.0. The van der Waals surface area contributed by atoms with Crippen molar-refractivity contribution in [3.8, 4) is 5.75 Å². The molecule has 29 heavy (non-hydrogen) atoms. The van der Waals surface area contributed by atoms with E-state index in [0.29, 0.717) is 18.0 Å². The lowest BCUT2D eigenvalue weighted by Crippen LogP contribution is -2.39. The van der Waals surface area contributed by atoms with Crippen LogP contribution in [-0.4, -0.2) is 37.0 Å². The van der Waals surface area contributed by atoms with Crippen LogP contribution in [0.15, 0.2) is 60.7 Å². The number of hydrogen-bond donors (Lipinski definition) is 2. The van der Waals surface area contributed by atoms with Crippen LogP contribution in [0.1, 0.15) is 19.4 Å². The molecule has 7 nitrogen and oxygen atoms in total. The Bertz CT molecular complexity index is 847. The molecule has 0 aliphatic heterocycles. The van der Waals surface area contributed by atoms with E-state index in [4.69, 9.17) is 9.47 Å². The number of ether oxygens (including phenoxy) is 2. The summed E-state index contributed by atoms with van der Waals surface area (Å²) in [5, 5.41) is 5.11. The molecule has 2 amide bonds. The standard InChI is InChI=1S/C22H24N2O5/c1-3-28-19-12-10-18(11-13-19)24-21(26)15-29-22(27)16(2)23-20(25)14-9-17-7-5-4-6-8-17/h4-14,16H,3,15H2,1-2H3,(H,23,25)(H,24,26)/b14-9+/t16-/m0/s1. The molecule has 0 radical (unpaired) electrons. The monoisotopic (exact) mass is 396 g/mol. The first kappa shape index (κ1) is 21.7. The maximum atomic E-state index is 12.0. The zero-order valence-electron chi connectivity index (χ0n) is 16.4. The highest BCUT2D eigenvalue weighted by atomic mass is 16.5. The number of carbonyl (C=O) groups is 3. The average Bonchev–Trinajstić information content (AvgIpc) is 2.73. The summed E-state index contributed by atoms with van der Waals surface area (Å²) in [7, 11) is 0. The van der Waals surface area contributed by atoms with Crippen molar-refractivity contribution >= 4 is 29.5 Å². The van der Waals surface area contributed by atoms with Crippen LogP contribution in [-0.2, 0) is 19.1 Å². The molecule has 1 atom stereocenters. The minimum absolute atomic E-state index is 0.433. The number of esters is 1. The zero-order valence-corrected chi connectivity index (χ0v) is 16.4. The quantitative estimate of drug-likeness (QED) is 0.502. The van der Waals surface area contributed by atoms with Gasteiger partial charge in [-0.15, -0.1) is 0 Å². The highest BCUT2D eigenvalue weighted by molar-refractivity contribution is 5.95. The third-order valence-electron chi connectivity index (χ3n) is 3.73. The smallest absolute Gasteiger partial charge is 0.328 e. The fraction of sp³-hybridized carbons (Fsp3) is 0.227. The van der Waals surface area contributed by atoms with Crippen LogP contribution in [0.2, 0.25) is 0 Å². The molecule has 0 aliphatic carbocycles. The molecule has 2 aromatic rings. The van der Waals surface area contributed by atoms with E-state index >= 15 is 0 Å². The molecule has 0 spiro atoms. The van der Waals surface area contributed by atoms with E-state index in [1.165, 1.54) is 13.0 Å². The van der Waals surface area contributed by atoms with Crippen molar-refractivity contribution in [3.63, 3.8) is 0 Å². The van der Waals surface area contributed by atoms with E-state index in [1.54, 1.807) is 30.3 Å². The van der Waals surface area contributed by atoms with E-state index < -0.39 is 30.4 Å². The van der Waals surface area contributed by atoms with Gasteiger partial charge in [-0.05, 0) is 49.8 Å². The molecule has 0 saturated heterocycles. The molecule has 0 aliphatic rings. The highest BCUT2D eigenvalue weighted by Crippen LogP contribution is 2.15. The van der Waals surface area contributed by atoms with Gasteiger partial charge in [0, 0.05) is 11.8 Å². The molecule has 0 saturated carbocycles. The van der Waals surface area contributed by atoms with Crippen molar-refractivity contribution in [2.24, 2.45) is 0 Å². The Morgan fingerprint density at radius 1 is 1.03 bits per heavy atom. The zero-order chi connectivity index (χ0) is 21.1. The van der Waals surface area contributed by atoms with Crippen LogP contribution < -0.4 is 15.4 Å². The van der Waals surface area contributed by atoms with Gasteiger partial charge in [0.15, 0.2) is 6.61 Å². The van der Waals surface area contributed by atoms with Gasteiger partial charge in [0.1, 0.15) is 11.8 Å². The van der Waals surface area contributed by atoms with Crippen LogP contribution in [0.25, 0.3) is 6.08 Å². The first-order valence-corrected chi connectivity index (χ1v) is 9.21. The normalized spacial score (nSPS) is 11.5. The molecule has 0 aromatic heterocycles. The predicted octanol–water partition coefficient (Wildman–Crippen LogP) is 2.79. The number of rotatable bonds is 9. The maximum absolute atomic E-state index is 12.0. The van der Waals surface area contributed by atoms with Gasteiger partial charge in [0.2, 0.25) is 5.91 Å². The SMILES string of the molecule is CCOc1ccc(NC(=O)COC(=O)[C@H](C)NC(=O)/C=C/c2ccccc2)cc1. The molecule has 2 rings (SSSR count). The van der Waals surface area contributed by atoms with Crippen molar-refractivity contribution in [2.75, 3.05) is 18.5 Å². The van der Waals surface area contributed by atoms with Crippen LogP contribution in [0.3, 0.4) is 0 Å². The van der Waals surface area contributed by atoms with E-state index in [-0.39, 0.29) is 0 Å². The minimum Gasteiger partial charge on any atom is -0.494 e. The number of anilines is 1. The van der Waals surface area contributed by atoms with Crippen LogP contribution in [0.5, 0.6) is 5.75 Å². The summed E-state index contributed by atoms with van der Waals surface area (Å²) in [6.07, 6.45) is 2.97. The molecule has 0 fully saturated rings. The summed E-state index contributed by atoms with van der Waals surface area (Å²) in [6.45, 7) is 3.47. The number of benzene rings is 2. The topological polar surface area (TPSA) is 93.7 Å². The van der Waals surface area contributed by atoms with Crippen LogP contribution >= 0.6 is 0 Å². The second-order valence-electron chi connectivity index (χ2n) is 6.09. The Hall–Kier alpha value is -3.61. The van der Waals surface area contributed by atoms with Gasteiger partial charge in [-0.3, -0.25) is 9.59 Å². The summed E-state index contributed by atoms with van der Waals surface area (Å²) < 4.78 is 10.3. The molecule has 0 bridgehead atoms. The maximum Gasteiger partial charge on any atom is 0.328 e. The summed E-state index contributed by atoms with van der Waals surface area (Å²) >= 11 is 0. The van der Waals surface area contributed by atoms with Crippen molar-refractivity contribution in [1.29, 1.82) is 0 Å². The third kappa shape index (κ3) is 7.88. The third-order valence-corrected chi connectivity index (χ3v) is 3.73. The lowest BCUT2D eigenvalue weighted by Gasteiger charge is -2.12. The van der Waals surface area contributed by atoms with Crippen molar-refractivity contribution in [2.45, 2.75) is 19.9 Å². The molecule has 152 valence electrons. The predicted molar refractivity (Wildman–Crippen MR) is 110 cm³/mol. The number of amides is 2. The lowest BCUT2D eigenvalue weighted by atomic mass is 10.2. The molecular formula is C22H24N2O5. The molecular weight excluding hydrogens is 372 g/mol. The van der Waals surface area contributed by atoms with E-state index in [1.807, 2.05) is 37.3 Å². The highest BCUT2D eigenvalue weighted by Gasteiger charge is 2.17. The molecule has 2 aromatic carbocycles. The fourth-order valence-corrected chi connectivity index (χ4v) is 2.32. The average molecular weight is 396 g/mol. The Morgan fingerprint density at radius 2 is 1.72 bits per heavy atom. The van der Waals surface area contributed by atoms with Gasteiger partial charge >= 0.3 is 5.97 Å². The second-order valence-corrected chi connectivity index (χ2v) is 6.09. The number of hydrogen-bond acceptors (Lipinski definition) is 5. The van der Waals surface area contributed by atoms with Crippen LogP contribution in [0.4, 0.5) is 5.69 Å². The Labute approximate surface area is 169 Å². The Balaban J connectivity index is 1.73. The van der Waals surface area contributed by atoms with Gasteiger partial charge < -0.3 is 20.1 Å². The summed E-state index contributed by atoms with van der Waals surface area (Å²) in [5.41, 5.74) is 1.42. The van der Waals surface area contributed by atoms with Gasteiger partial charge in [0.05, 0.1) is 6.61 Å². The Kier molecular flexibility index (Phi) is 8.44. The van der Waals surface area contributed by atoms with E-state index in [2.05, 4.69) is 10.6 Å². The van der Waals surface area contributed by atoms with Crippen molar-refractivity contribution in [1.82, 2.24) is 5.32 Å². The summed E-state index contributed by atoms with van der Waals surface area (Å²) in [5.74, 6) is -0.918. The van der Waals surface area contributed by atoms with E-state index in [9.17, 15) is 14.4 Å². The largest absolute Gasteiger partial charge is 0.494 e. The lowest BCUT2D eigenvalue weighted by molar-refractivity contribution is -0.149. The minimum atomic E-state index is -0.888. The van der Waals surface area contributed by atoms with Gasteiger partial charge in [-0.1, -0.05) is 30.3 Å². The first-order valence-electron chi connectivity index (χ1n) is 9.21. The second kappa shape index (κ2) is 11.3. The molecule has 0 heterocycles. The van der Waals surface area contributed by atoms with Crippen LogP contribution in [0, 0.1) is 0 Å².